The van der Waals surface area contributed by atoms with Gasteiger partial charge in [-0.25, -0.2) is 4.79 Å². The van der Waals surface area contributed by atoms with Gasteiger partial charge in [-0.3, -0.25) is 4.79 Å². The van der Waals surface area contributed by atoms with Crippen molar-refractivity contribution in [1.82, 2.24) is 4.90 Å². The quantitative estimate of drug-likeness (QED) is 0.732. The van der Waals surface area contributed by atoms with Gasteiger partial charge in [0.2, 0.25) is 5.91 Å². The number of hydrogen-bond donors (Lipinski definition) is 2. The molecule has 0 aromatic heterocycles. The van der Waals surface area contributed by atoms with Gasteiger partial charge in [0, 0.05) is 13.1 Å². The number of aliphatic carboxylic acids is 1. The number of likely N-dealkylation sites (tertiary alicyclic amines) is 1. The summed E-state index contributed by atoms with van der Waals surface area (Å²) in [5.74, 6) is -0.795. The number of nitrogens with zero attached hydrogens (tertiary/aromatic N) is 1. The summed E-state index contributed by atoms with van der Waals surface area (Å²) in [6, 6.07) is -0.443. The smallest absolute Gasteiger partial charge is 0.329 e. The minimum absolute atomic E-state index is 0.00830. The molecule has 6 nitrogen and oxygen atoms in total. The molecule has 1 aliphatic heterocycles. The summed E-state index contributed by atoms with van der Waals surface area (Å²) in [6.07, 6.45) is 2.16. The number of carbonyl (C=O) groups is 2. The number of carbonyl (C=O) groups excluding carboxylic acids is 1. The maximum atomic E-state index is 12.1. The summed E-state index contributed by atoms with van der Waals surface area (Å²) in [6.45, 7) is 4.90. The highest BCUT2D eigenvalue weighted by Crippen LogP contribution is 2.16. The Kier molecular flexibility index (Phi) is 6.24. The van der Waals surface area contributed by atoms with E-state index in [1.807, 2.05) is 13.8 Å². The van der Waals surface area contributed by atoms with E-state index in [-0.39, 0.29) is 24.5 Å². The lowest BCUT2D eigenvalue weighted by Gasteiger charge is -2.34. The molecule has 0 aromatic carbocycles. The Hall–Kier alpha value is -1.14. The Labute approximate surface area is 113 Å². The molecule has 0 radical (unpaired) electrons. The van der Waals surface area contributed by atoms with E-state index in [4.69, 9.17) is 15.6 Å². The standard InChI is InChI=1S/C13H24N2O4/c1-3-9(2)12(14)13(18)15-6-4-10(5-7-15)19-8-11(16)17/h9-10,12H,3-8,14H2,1-2H3,(H,16,17)/t9-,12-/m0/s1. The summed E-state index contributed by atoms with van der Waals surface area (Å²) in [5.41, 5.74) is 5.93. The van der Waals surface area contributed by atoms with Gasteiger partial charge < -0.3 is 20.5 Å². The van der Waals surface area contributed by atoms with Crippen LogP contribution in [0.2, 0.25) is 0 Å². The summed E-state index contributed by atoms with van der Waals surface area (Å²) in [7, 11) is 0. The lowest BCUT2D eigenvalue weighted by atomic mass is 9.97. The molecule has 0 bridgehead atoms. The Morgan fingerprint density at radius 2 is 2.00 bits per heavy atom. The first-order valence-corrected chi connectivity index (χ1v) is 6.83. The van der Waals surface area contributed by atoms with Crippen LogP contribution in [0.1, 0.15) is 33.1 Å². The van der Waals surface area contributed by atoms with Crippen molar-refractivity contribution in [3.8, 4) is 0 Å². The summed E-state index contributed by atoms with van der Waals surface area (Å²) in [5, 5.41) is 8.54. The second-order valence-electron chi connectivity index (χ2n) is 5.14. The molecule has 3 N–H and O–H groups in total. The van der Waals surface area contributed by atoms with Crippen LogP contribution in [-0.4, -0.2) is 53.7 Å². The number of nitrogens with two attached hydrogens (primary N) is 1. The maximum absolute atomic E-state index is 12.1. The molecule has 2 atom stereocenters. The van der Waals surface area contributed by atoms with Crippen LogP contribution in [-0.2, 0) is 14.3 Å². The normalized spacial score (nSPS) is 20.1. The average Bonchev–Trinajstić information content (AvgIpc) is 2.43. The van der Waals surface area contributed by atoms with Crippen molar-refractivity contribution in [2.75, 3.05) is 19.7 Å². The highest BCUT2D eigenvalue weighted by atomic mass is 16.5. The molecule has 1 fully saturated rings. The second kappa shape index (κ2) is 7.45. The minimum atomic E-state index is -0.961. The maximum Gasteiger partial charge on any atom is 0.329 e. The molecule has 110 valence electrons. The number of carboxylic acid groups (broad SMARTS) is 1. The highest BCUT2D eigenvalue weighted by Gasteiger charge is 2.28. The molecule has 1 heterocycles. The number of ether oxygens (including phenoxy) is 1. The molecule has 0 unspecified atom stereocenters. The van der Waals surface area contributed by atoms with Crippen LogP contribution < -0.4 is 5.73 Å². The number of piperidine rings is 1. The van der Waals surface area contributed by atoms with E-state index in [9.17, 15) is 9.59 Å². The fourth-order valence-electron chi connectivity index (χ4n) is 2.14. The number of carboxylic acids is 1. The van der Waals surface area contributed by atoms with Gasteiger partial charge in [-0.15, -0.1) is 0 Å². The van der Waals surface area contributed by atoms with E-state index in [0.717, 1.165) is 6.42 Å². The van der Waals surface area contributed by atoms with Crippen LogP contribution in [0.4, 0.5) is 0 Å². The Morgan fingerprint density at radius 3 is 2.47 bits per heavy atom. The van der Waals surface area contributed by atoms with Gasteiger partial charge in [-0.2, -0.15) is 0 Å². The number of amides is 1. The second-order valence-corrected chi connectivity index (χ2v) is 5.14. The zero-order valence-corrected chi connectivity index (χ0v) is 11.7. The average molecular weight is 272 g/mol. The van der Waals surface area contributed by atoms with Crippen LogP contribution in [0.3, 0.4) is 0 Å². The minimum Gasteiger partial charge on any atom is -0.480 e. The van der Waals surface area contributed by atoms with Gasteiger partial charge in [0.25, 0.3) is 0 Å². The zero-order chi connectivity index (χ0) is 14.4. The van der Waals surface area contributed by atoms with Gasteiger partial charge in [0.15, 0.2) is 0 Å². The van der Waals surface area contributed by atoms with E-state index >= 15 is 0 Å². The predicted octanol–water partition coefficient (Wildman–Crippen LogP) is 0.452. The van der Waals surface area contributed by atoms with Crippen molar-refractivity contribution >= 4 is 11.9 Å². The monoisotopic (exact) mass is 272 g/mol. The van der Waals surface area contributed by atoms with E-state index in [0.29, 0.717) is 25.9 Å². The summed E-state index contributed by atoms with van der Waals surface area (Å²) >= 11 is 0. The zero-order valence-electron chi connectivity index (χ0n) is 11.7. The van der Waals surface area contributed by atoms with Crippen LogP contribution in [0.5, 0.6) is 0 Å². The van der Waals surface area contributed by atoms with Crippen LogP contribution in [0, 0.1) is 5.92 Å². The van der Waals surface area contributed by atoms with Crippen LogP contribution in [0.15, 0.2) is 0 Å². The lowest BCUT2D eigenvalue weighted by molar-refractivity contribution is -0.147. The number of rotatable bonds is 6. The summed E-state index contributed by atoms with van der Waals surface area (Å²) in [4.78, 5) is 24.3. The molecule has 0 aromatic rings. The van der Waals surface area contributed by atoms with Crippen molar-refractivity contribution in [3.05, 3.63) is 0 Å². The first kappa shape index (κ1) is 15.9. The molecule has 1 saturated heterocycles. The molecule has 19 heavy (non-hydrogen) atoms. The van der Waals surface area contributed by atoms with Gasteiger partial charge in [0.05, 0.1) is 12.1 Å². The van der Waals surface area contributed by atoms with E-state index in [1.54, 1.807) is 4.90 Å². The third kappa shape index (κ3) is 4.80. The lowest BCUT2D eigenvalue weighted by Crippen LogP contribution is -2.50. The molecule has 1 amide bonds. The van der Waals surface area contributed by atoms with Gasteiger partial charge in [-0.1, -0.05) is 20.3 Å². The first-order chi connectivity index (χ1) is 8.95. The van der Waals surface area contributed by atoms with Crippen molar-refractivity contribution in [2.24, 2.45) is 11.7 Å². The highest BCUT2D eigenvalue weighted by molar-refractivity contribution is 5.82. The SMILES string of the molecule is CC[C@H](C)[C@H](N)C(=O)N1CCC(OCC(=O)O)CC1. The van der Waals surface area contributed by atoms with Crippen LogP contribution >= 0.6 is 0 Å². The van der Waals surface area contributed by atoms with Gasteiger partial charge >= 0.3 is 5.97 Å². The van der Waals surface area contributed by atoms with E-state index in [1.165, 1.54) is 0 Å². The molecular weight excluding hydrogens is 248 g/mol. The van der Waals surface area contributed by atoms with E-state index < -0.39 is 12.0 Å². The fraction of sp³-hybridized carbons (Fsp3) is 0.846. The molecule has 0 saturated carbocycles. The molecule has 6 heteroatoms. The predicted molar refractivity (Wildman–Crippen MR) is 70.6 cm³/mol. The molecule has 1 rings (SSSR count). The van der Waals surface area contributed by atoms with Crippen molar-refractivity contribution in [2.45, 2.75) is 45.3 Å². The Bertz CT molecular complexity index is 314. The summed E-state index contributed by atoms with van der Waals surface area (Å²) < 4.78 is 5.23. The molecule has 0 spiro atoms. The number of hydrogen-bond acceptors (Lipinski definition) is 4. The topological polar surface area (TPSA) is 92.9 Å². The molecule has 0 aliphatic carbocycles. The van der Waals surface area contributed by atoms with Gasteiger partial charge in [0.1, 0.15) is 6.61 Å². The van der Waals surface area contributed by atoms with Crippen molar-refractivity contribution in [1.29, 1.82) is 0 Å². The van der Waals surface area contributed by atoms with Crippen molar-refractivity contribution in [3.63, 3.8) is 0 Å². The third-order valence-corrected chi connectivity index (χ3v) is 3.74. The third-order valence-electron chi connectivity index (χ3n) is 3.74. The largest absolute Gasteiger partial charge is 0.480 e. The van der Waals surface area contributed by atoms with Crippen LogP contribution in [0.25, 0.3) is 0 Å². The first-order valence-electron chi connectivity index (χ1n) is 6.83. The van der Waals surface area contributed by atoms with Gasteiger partial charge in [-0.05, 0) is 18.8 Å². The Balaban J connectivity index is 2.36. The Morgan fingerprint density at radius 1 is 1.42 bits per heavy atom. The fourth-order valence-corrected chi connectivity index (χ4v) is 2.14. The van der Waals surface area contributed by atoms with Crippen molar-refractivity contribution < 1.29 is 19.4 Å². The molecular formula is C13H24N2O4. The van der Waals surface area contributed by atoms with E-state index in [2.05, 4.69) is 0 Å². The molecule has 1 aliphatic rings.